The first-order chi connectivity index (χ1) is 12.9. The van der Waals surface area contributed by atoms with Gasteiger partial charge < -0.3 is 16.2 Å². The van der Waals surface area contributed by atoms with Gasteiger partial charge in [0.15, 0.2) is 0 Å². The fraction of sp³-hybridized carbons (Fsp3) is 0.150. The van der Waals surface area contributed by atoms with Gasteiger partial charge in [0, 0.05) is 17.1 Å². The summed E-state index contributed by atoms with van der Waals surface area (Å²) in [5.74, 6) is -2.79. The van der Waals surface area contributed by atoms with Crippen LogP contribution in [0.15, 0.2) is 60.8 Å². The van der Waals surface area contributed by atoms with Gasteiger partial charge in [0.25, 0.3) is 5.91 Å². The average molecular weight is 387 g/mol. The second-order valence-corrected chi connectivity index (χ2v) is 6.34. The summed E-state index contributed by atoms with van der Waals surface area (Å²) in [6, 6.07) is 14.2. The Morgan fingerprint density at radius 1 is 1.11 bits per heavy atom. The Labute approximate surface area is 161 Å². The predicted molar refractivity (Wildman–Crippen MR) is 103 cm³/mol. The van der Waals surface area contributed by atoms with Crippen LogP contribution in [0.3, 0.4) is 0 Å². The Bertz CT molecular complexity index is 863. The zero-order valence-corrected chi connectivity index (χ0v) is 15.1. The fourth-order valence-electron chi connectivity index (χ4n) is 2.59. The topological polar surface area (TPSA) is 109 Å². The van der Waals surface area contributed by atoms with Crippen molar-refractivity contribution in [2.24, 2.45) is 5.73 Å². The van der Waals surface area contributed by atoms with Crippen molar-refractivity contribution in [3.63, 3.8) is 0 Å². The lowest BCUT2D eigenvalue weighted by Crippen LogP contribution is -2.41. The lowest BCUT2D eigenvalue weighted by atomic mass is 9.99. The van der Waals surface area contributed by atoms with Crippen molar-refractivity contribution in [1.82, 2.24) is 5.32 Å². The van der Waals surface area contributed by atoms with Gasteiger partial charge in [0.2, 0.25) is 5.78 Å². The van der Waals surface area contributed by atoms with E-state index in [1.54, 1.807) is 6.07 Å². The van der Waals surface area contributed by atoms with Crippen molar-refractivity contribution >= 4 is 29.3 Å². The monoisotopic (exact) mass is 386 g/mol. The lowest BCUT2D eigenvalue weighted by molar-refractivity contribution is -0.139. The van der Waals surface area contributed by atoms with Crippen molar-refractivity contribution in [3.05, 3.63) is 71.4 Å². The fourth-order valence-corrected chi connectivity index (χ4v) is 2.78. The molecule has 0 fully saturated rings. The molecule has 0 aliphatic heterocycles. The smallest absolute Gasteiger partial charge is 0.305 e. The molecule has 0 aliphatic rings. The number of carboxylic acid groups (broad SMARTS) is 1. The molecule has 0 heterocycles. The number of hydrogen-bond donors (Lipinski definition) is 3. The molecule has 27 heavy (non-hydrogen) atoms. The highest BCUT2D eigenvalue weighted by molar-refractivity contribution is 6.40. The molecule has 140 valence electrons. The van der Waals surface area contributed by atoms with E-state index in [9.17, 15) is 14.4 Å². The summed E-state index contributed by atoms with van der Waals surface area (Å²) in [5, 5.41) is 12.1. The maximum absolute atomic E-state index is 11.8. The highest BCUT2D eigenvalue weighted by Crippen LogP contribution is 2.23. The van der Waals surface area contributed by atoms with Gasteiger partial charge in [-0.15, -0.1) is 0 Å². The van der Waals surface area contributed by atoms with Gasteiger partial charge in [-0.05, 0) is 41.4 Å². The number of carbonyl (C=O) groups is 3. The van der Waals surface area contributed by atoms with Crippen LogP contribution in [0.5, 0.6) is 0 Å². The Kier molecular flexibility index (Phi) is 7.14. The van der Waals surface area contributed by atoms with E-state index in [1.807, 2.05) is 42.5 Å². The minimum absolute atomic E-state index is 0.271. The first kappa shape index (κ1) is 20.2. The summed E-state index contributed by atoms with van der Waals surface area (Å²) in [6.07, 6.45) is 1.85. The predicted octanol–water partition coefficient (Wildman–Crippen LogP) is 2.55. The summed E-state index contributed by atoms with van der Waals surface area (Å²) in [5.41, 5.74) is 7.84. The number of halogens is 1. The van der Waals surface area contributed by atoms with E-state index in [0.29, 0.717) is 5.02 Å². The van der Waals surface area contributed by atoms with E-state index < -0.39 is 23.7 Å². The van der Waals surface area contributed by atoms with E-state index >= 15 is 0 Å². The number of carboxylic acids is 1. The van der Waals surface area contributed by atoms with Crippen LogP contribution in [0.1, 0.15) is 12.0 Å². The van der Waals surface area contributed by atoms with Crippen molar-refractivity contribution in [1.29, 1.82) is 0 Å². The number of nitrogens with two attached hydrogens (primary N) is 1. The molecule has 6 nitrogen and oxygen atoms in total. The quantitative estimate of drug-likeness (QED) is 0.477. The van der Waals surface area contributed by atoms with Crippen molar-refractivity contribution in [3.8, 4) is 11.1 Å². The van der Waals surface area contributed by atoms with Gasteiger partial charge in [-0.2, -0.15) is 0 Å². The molecular weight excluding hydrogens is 368 g/mol. The number of ketones is 1. The minimum Gasteiger partial charge on any atom is -0.481 e. The van der Waals surface area contributed by atoms with E-state index in [2.05, 4.69) is 5.32 Å². The number of nitrogens with one attached hydrogen (secondary N) is 1. The van der Waals surface area contributed by atoms with Crippen LogP contribution in [-0.2, 0) is 20.8 Å². The number of aliphatic carboxylic acids is 1. The Morgan fingerprint density at radius 2 is 1.81 bits per heavy atom. The van der Waals surface area contributed by atoms with Crippen LogP contribution in [-0.4, -0.2) is 28.8 Å². The number of benzene rings is 2. The lowest BCUT2D eigenvalue weighted by Gasteiger charge is -2.16. The summed E-state index contributed by atoms with van der Waals surface area (Å²) in [6.45, 7) is 0. The molecule has 1 unspecified atom stereocenters. The van der Waals surface area contributed by atoms with Crippen LogP contribution in [0, 0.1) is 0 Å². The van der Waals surface area contributed by atoms with Gasteiger partial charge in [0.1, 0.15) is 0 Å². The highest BCUT2D eigenvalue weighted by Gasteiger charge is 2.19. The average Bonchev–Trinajstić information content (AvgIpc) is 2.62. The van der Waals surface area contributed by atoms with Crippen LogP contribution in [0.25, 0.3) is 11.1 Å². The number of rotatable bonds is 8. The molecule has 0 saturated heterocycles. The maximum atomic E-state index is 11.8. The van der Waals surface area contributed by atoms with E-state index in [0.717, 1.165) is 29.0 Å². The highest BCUT2D eigenvalue weighted by atomic mass is 35.5. The van der Waals surface area contributed by atoms with Crippen LogP contribution >= 0.6 is 11.6 Å². The van der Waals surface area contributed by atoms with Crippen LogP contribution in [0.4, 0.5) is 0 Å². The molecular formula is C20H19ClN2O4. The van der Waals surface area contributed by atoms with Gasteiger partial charge in [-0.1, -0.05) is 48.0 Å². The maximum Gasteiger partial charge on any atom is 0.305 e. The molecule has 0 spiro atoms. The second-order valence-electron chi connectivity index (χ2n) is 5.90. The van der Waals surface area contributed by atoms with Gasteiger partial charge in [-0.25, -0.2) is 0 Å². The molecule has 2 aromatic carbocycles. The van der Waals surface area contributed by atoms with E-state index in [4.69, 9.17) is 22.4 Å². The molecule has 0 aliphatic carbocycles. The molecule has 2 rings (SSSR count). The zero-order chi connectivity index (χ0) is 19.8. The Morgan fingerprint density at radius 3 is 2.41 bits per heavy atom. The Balaban J connectivity index is 2.11. The van der Waals surface area contributed by atoms with E-state index in [-0.39, 0.29) is 12.8 Å². The summed E-state index contributed by atoms with van der Waals surface area (Å²) >= 11 is 6.00. The third-order valence-electron chi connectivity index (χ3n) is 3.82. The van der Waals surface area contributed by atoms with Crippen molar-refractivity contribution in [2.75, 3.05) is 0 Å². The number of carbonyl (C=O) groups excluding carboxylic acids is 2. The molecule has 1 amide bonds. The van der Waals surface area contributed by atoms with Gasteiger partial charge in [-0.3, -0.25) is 14.4 Å². The van der Waals surface area contributed by atoms with Gasteiger partial charge >= 0.3 is 5.97 Å². The van der Waals surface area contributed by atoms with E-state index in [1.165, 1.54) is 0 Å². The van der Waals surface area contributed by atoms with Gasteiger partial charge in [0.05, 0.1) is 6.42 Å². The first-order valence-electron chi connectivity index (χ1n) is 8.19. The third kappa shape index (κ3) is 6.27. The molecule has 0 saturated carbocycles. The second kappa shape index (κ2) is 9.54. The third-order valence-corrected chi connectivity index (χ3v) is 4.06. The minimum atomic E-state index is -1.07. The molecule has 4 N–H and O–H groups in total. The zero-order valence-electron chi connectivity index (χ0n) is 14.4. The number of amides is 1. The summed E-state index contributed by atoms with van der Waals surface area (Å²) in [7, 11) is 0. The molecule has 0 radical (unpaired) electrons. The number of hydrogen-bond acceptors (Lipinski definition) is 4. The molecule has 0 aromatic heterocycles. The van der Waals surface area contributed by atoms with Crippen molar-refractivity contribution < 1.29 is 19.5 Å². The normalized spacial score (nSPS) is 11.9. The molecule has 2 aromatic rings. The largest absolute Gasteiger partial charge is 0.481 e. The molecule has 0 bridgehead atoms. The van der Waals surface area contributed by atoms with Crippen LogP contribution in [0.2, 0.25) is 5.02 Å². The Hall–Kier alpha value is -3.12. The summed E-state index contributed by atoms with van der Waals surface area (Å²) < 4.78 is 0. The molecule has 1 atom stereocenters. The summed E-state index contributed by atoms with van der Waals surface area (Å²) in [4.78, 5) is 34.4. The van der Waals surface area contributed by atoms with Crippen molar-refractivity contribution in [2.45, 2.75) is 18.9 Å². The SMILES string of the molecule is NC=CC(=O)C(=O)NC(CC(=O)O)Cc1ccc(-c2cccc(Cl)c2)cc1. The standard InChI is InChI=1S/C20H19ClN2O4/c21-16-3-1-2-15(11-16)14-6-4-13(5-7-14)10-17(12-19(25)26)23-20(27)18(24)8-9-22/h1-9,11,17H,10,12,22H2,(H,23,27)(H,25,26). The first-order valence-corrected chi connectivity index (χ1v) is 8.56. The molecule has 7 heteroatoms. The van der Waals surface area contributed by atoms with Crippen LogP contribution < -0.4 is 11.1 Å².